The van der Waals surface area contributed by atoms with Crippen LogP contribution in [0.1, 0.15) is 12.0 Å². The number of azo groups is 2. The predicted molar refractivity (Wildman–Crippen MR) is 184 cm³/mol. The summed E-state index contributed by atoms with van der Waals surface area (Å²) in [5.74, 6) is -0.988. The number of aromatic nitrogens is 1. The minimum absolute atomic E-state index is 0.0357. The quantitative estimate of drug-likeness (QED) is 0.0575. The van der Waals surface area contributed by atoms with Gasteiger partial charge in [0.2, 0.25) is 0 Å². The molecule has 0 saturated heterocycles. The Kier molecular flexibility index (Phi) is 14.0. The molecule has 0 saturated carbocycles. The van der Waals surface area contributed by atoms with Crippen LogP contribution in [0.2, 0.25) is 0 Å². The van der Waals surface area contributed by atoms with E-state index >= 15 is 0 Å². The van der Waals surface area contributed by atoms with E-state index in [9.17, 15) is 38.2 Å². The van der Waals surface area contributed by atoms with Gasteiger partial charge in [0.05, 0.1) is 40.1 Å². The fourth-order valence-electron chi connectivity index (χ4n) is 3.96. The van der Waals surface area contributed by atoms with Gasteiger partial charge in [-0.3, -0.25) is 13.7 Å². The summed E-state index contributed by atoms with van der Waals surface area (Å²) in [6, 6.07) is 8.15. The monoisotopic (exact) mass is 794 g/mol. The highest BCUT2D eigenvalue weighted by Crippen LogP contribution is 2.38. The van der Waals surface area contributed by atoms with Gasteiger partial charge < -0.3 is 21.1 Å². The number of benzene rings is 2. The minimum atomic E-state index is -4.89. The van der Waals surface area contributed by atoms with Crippen molar-refractivity contribution in [3.63, 3.8) is 0 Å². The number of nitrogen functional groups attached to an aromatic ring is 1. The second-order valence-corrected chi connectivity index (χ2v) is 16.5. The van der Waals surface area contributed by atoms with Crippen LogP contribution in [0.3, 0.4) is 0 Å². The van der Waals surface area contributed by atoms with Gasteiger partial charge in [-0.15, -0.1) is 10.2 Å². The normalized spacial score (nSPS) is 12.9. The first-order chi connectivity index (χ1) is 23.7. The third-order valence-electron chi connectivity index (χ3n) is 6.51. The smallest absolute Gasteiger partial charge is 0.395 e. The molecule has 21 nitrogen and oxygen atoms in total. The third kappa shape index (κ3) is 13.1. The topological polar surface area (TPSA) is 328 Å². The number of pyridine rings is 1. The van der Waals surface area contributed by atoms with Crippen LogP contribution >= 0.6 is 0 Å². The van der Waals surface area contributed by atoms with E-state index in [0.29, 0.717) is 25.1 Å². The highest BCUT2D eigenvalue weighted by Gasteiger charge is 2.20. The number of anilines is 3. The van der Waals surface area contributed by atoms with Crippen molar-refractivity contribution in [1.82, 2.24) is 4.98 Å². The van der Waals surface area contributed by atoms with Crippen molar-refractivity contribution in [3.8, 4) is 0 Å². The van der Waals surface area contributed by atoms with Crippen LogP contribution in [0, 0.1) is 6.92 Å². The van der Waals surface area contributed by atoms with E-state index in [1.54, 1.807) is 6.92 Å². The zero-order valence-corrected chi connectivity index (χ0v) is 30.1. The predicted octanol–water partition coefficient (Wildman–Crippen LogP) is 3.39. The zero-order valence-electron chi connectivity index (χ0n) is 26.9. The Balaban J connectivity index is 1.90. The first-order valence-corrected chi connectivity index (χ1v) is 20.4. The number of rotatable bonds is 19. The minimum Gasteiger partial charge on any atom is -0.395 e. The molecule has 0 bridgehead atoms. The van der Waals surface area contributed by atoms with Gasteiger partial charge >= 0.3 is 10.4 Å². The first kappa shape index (κ1) is 41.2. The molecule has 0 amide bonds. The fraction of sp³-hybridized carbons (Fsp3) is 0.346. The van der Waals surface area contributed by atoms with Crippen LogP contribution in [0.4, 0.5) is 40.1 Å². The number of nitrogens with two attached hydrogens (primary N) is 1. The summed E-state index contributed by atoms with van der Waals surface area (Å²) in [7, 11) is -16.4. The molecule has 1 aromatic heterocycles. The Morgan fingerprint density at radius 2 is 1.39 bits per heavy atom. The molecular weight excluding hydrogens is 761 g/mol. The third-order valence-corrected chi connectivity index (χ3v) is 10.3. The standard InChI is InChI=1S/C26H34N8O13S4/c1-17-23(27)25(29-11-14-48(35,36)15-13-47-51(43,44)45)30-26(28-10-3-12-46-2)24(17)34-33-21-9-6-19(16-22(21)50(40,41)42)32-31-18-4-7-20(8-5-18)49(37,38)39/h4-9,16H,3,10-15,27H2,1-2H3,(H2,28,29,30)(H,37,38,39)(H,40,41,42)(H,43,44,45). The maximum atomic E-state index is 12.3. The number of sulfone groups is 1. The number of hydrogen-bond donors (Lipinski definition) is 6. The molecule has 1 heterocycles. The van der Waals surface area contributed by atoms with E-state index in [1.165, 1.54) is 31.4 Å². The molecule has 2 aromatic carbocycles. The van der Waals surface area contributed by atoms with E-state index < -0.39 is 63.5 Å². The molecule has 0 fully saturated rings. The average Bonchev–Trinajstić information content (AvgIpc) is 3.02. The van der Waals surface area contributed by atoms with Crippen molar-refractivity contribution in [1.29, 1.82) is 0 Å². The Hall–Kier alpha value is -4.21. The van der Waals surface area contributed by atoms with Crippen molar-refractivity contribution in [3.05, 3.63) is 48.0 Å². The molecule has 0 atom stereocenters. The van der Waals surface area contributed by atoms with E-state index in [-0.39, 0.29) is 51.5 Å². The summed E-state index contributed by atoms with van der Waals surface area (Å²) in [6.45, 7) is 1.28. The number of ether oxygens (including phenoxy) is 1. The average molecular weight is 795 g/mol. The van der Waals surface area contributed by atoms with Crippen molar-refractivity contribution in [2.75, 3.05) is 61.3 Å². The highest BCUT2D eigenvalue weighted by atomic mass is 32.3. The lowest BCUT2D eigenvalue weighted by molar-refractivity contribution is 0.198. The molecular formula is C26H34N8O13S4. The second kappa shape index (κ2) is 17.3. The first-order valence-electron chi connectivity index (χ1n) is 14.3. The molecule has 0 spiro atoms. The molecule has 280 valence electrons. The maximum Gasteiger partial charge on any atom is 0.397 e. The van der Waals surface area contributed by atoms with E-state index in [0.717, 1.165) is 18.2 Å². The Morgan fingerprint density at radius 1 is 0.765 bits per heavy atom. The van der Waals surface area contributed by atoms with E-state index in [2.05, 4.69) is 40.3 Å². The molecule has 3 aromatic rings. The lowest BCUT2D eigenvalue weighted by atomic mass is 10.2. The zero-order chi connectivity index (χ0) is 38.0. The molecule has 25 heteroatoms. The Labute approximate surface area is 293 Å². The molecule has 0 radical (unpaired) electrons. The van der Waals surface area contributed by atoms with E-state index in [1.807, 2.05) is 0 Å². The van der Waals surface area contributed by atoms with Crippen LogP contribution in [0.25, 0.3) is 0 Å². The van der Waals surface area contributed by atoms with Crippen molar-refractivity contribution < 1.29 is 56.2 Å². The van der Waals surface area contributed by atoms with Crippen LogP contribution in [0.15, 0.2) is 72.7 Å². The molecule has 0 aliphatic rings. The SMILES string of the molecule is COCCCNc1nc(NCCS(=O)(=O)CCOS(=O)(=O)O)c(N)c(C)c1N=Nc1ccc(N=Nc2ccc(S(=O)(=O)O)cc2)cc1S(=O)(=O)O. The van der Waals surface area contributed by atoms with Crippen LogP contribution < -0.4 is 16.4 Å². The maximum absolute atomic E-state index is 12.3. The lowest BCUT2D eigenvalue weighted by Crippen LogP contribution is -2.23. The van der Waals surface area contributed by atoms with Gasteiger partial charge in [0.1, 0.15) is 16.3 Å². The summed E-state index contributed by atoms with van der Waals surface area (Å²) in [4.78, 5) is 3.35. The summed E-state index contributed by atoms with van der Waals surface area (Å²) in [6.07, 6.45) is 0.526. The molecule has 3 rings (SSSR count). The van der Waals surface area contributed by atoms with Gasteiger partial charge in [-0.1, -0.05) is 0 Å². The largest absolute Gasteiger partial charge is 0.397 e. The van der Waals surface area contributed by atoms with Gasteiger partial charge in [-0.05, 0) is 55.8 Å². The summed E-state index contributed by atoms with van der Waals surface area (Å²) in [5.41, 5.74) is 6.50. The number of hydrogen-bond acceptors (Lipinski definition) is 18. The number of nitrogens with zero attached hydrogens (tertiary/aromatic N) is 5. The molecule has 51 heavy (non-hydrogen) atoms. The van der Waals surface area contributed by atoms with Gasteiger partial charge in [-0.2, -0.15) is 35.5 Å². The molecule has 0 aliphatic heterocycles. The van der Waals surface area contributed by atoms with Crippen LogP contribution in [-0.4, -0.2) is 97.2 Å². The number of nitrogens with one attached hydrogen (secondary N) is 2. The summed E-state index contributed by atoms with van der Waals surface area (Å²) >= 11 is 0. The second-order valence-electron chi connectivity index (χ2n) is 10.3. The molecule has 0 aliphatic carbocycles. The summed E-state index contributed by atoms with van der Waals surface area (Å²) < 4.78 is 130. The lowest BCUT2D eigenvalue weighted by Gasteiger charge is -2.16. The van der Waals surface area contributed by atoms with Crippen molar-refractivity contribution in [2.24, 2.45) is 20.5 Å². The Bertz CT molecular complexity index is 2210. The molecule has 0 unspecified atom stereocenters. The van der Waals surface area contributed by atoms with Crippen molar-refractivity contribution in [2.45, 2.75) is 23.1 Å². The fourth-order valence-corrected chi connectivity index (χ4v) is 6.44. The molecule has 7 N–H and O–H groups in total. The summed E-state index contributed by atoms with van der Waals surface area (Å²) in [5, 5.41) is 21.8. The van der Waals surface area contributed by atoms with Gasteiger partial charge in [0.25, 0.3) is 20.2 Å². The van der Waals surface area contributed by atoms with Crippen LogP contribution in [0.5, 0.6) is 0 Å². The highest BCUT2D eigenvalue weighted by molar-refractivity contribution is 7.91. The van der Waals surface area contributed by atoms with Gasteiger partial charge in [-0.25, -0.2) is 17.6 Å². The number of methoxy groups -OCH3 is 1. The van der Waals surface area contributed by atoms with Gasteiger partial charge in [0, 0.05) is 32.4 Å². The van der Waals surface area contributed by atoms with Gasteiger partial charge in [0.15, 0.2) is 21.5 Å². The van der Waals surface area contributed by atoms with Crippen molar-refractivity contribution >= 4 is 80.5 Å². The van der Waals surface area contributed by atoms with E-state index in [4.69, 9.17) is 19.6 Å². The van der Waals surface area contributed by atoms with Crippen LogP contribution in [-0.2, 0) is 49.4 Å². The Morgan fingerprint density at radius 3 is 2.00 bits per heavy atom.